The van der Waals surface area contributed by atoms with E-state index in [1.807, 2.05) is 6.07 Å². The summed E-state index contributed by atoms with van der Waals surface area (Å²) in [6.07, 6.45) is 9.29. The van der Waals surface area contributed by atoms with Crippen molar-refractivity contribution in [3.63, 3.8) is 0 Å². The molecule has 0 bridgehead atoms. The quantitative estimate of drug-likeness (QED) is 0.824. The standard InChI is InChI=1S/C16H23Cl2NO/c1-20-16-12(9-13(17)10-15(16)18)11-19-14-7-5-3-2-4-6-8-14/h9-10,14,19H,2-8,11H2,1H3. The molecule has 0 aliphatic heterocycles. The fraction of sp³-hybridized carbons (Fsp3) is 0.625. The highest BCUT2D eigenvalue weighted by Crippen LogP contribution is 2.32. The molecule has 1 aromatic rings. The Labute approximate surface area is 131 Å². The molecule has 1 fully saturated rings. The molecule has 0 radical (unpaired) electrons. The summed E-state index contributed by atoms with van der Waals surface area (Å²) in [6, 6.07) is 4.25. The largest absolute Gasteiger partial charge is 0.495 e. The first-order valence-corrected chi connectivity index (χ1v) is 8.21. The minimum atomic E-state index is 0.578. The minimum Gasteiger partial charge on any atom is -0.495 e. The van der Waals surface area contributed by atoms with Gasteiger partial charge in [0.2, 0.25) is 0 Å². The Morgan fingerprint density at radius 1 is 1.10 bits per heavy atom. The molecular weight excluding hydrogens is 293 g/mol. The molecule has 20 heavy (non-hydrogen) atoms. The van der Waals surface area contributed by atoms with Gasteiger partial charge >= 0.3 is 0 Å². The van der Waals surface area contributed by atoms with Crippen molar-refractivity contribution in [3.8, 4) is 5.75 Å². The lowest BCUT2D eigenvalue weighted by Crippen LogP contribution is -2.29. The second kappa shape index (κ2) is 8.11. The monoisotopic (exact) mass is 315 g/mol. The molecule has 1 aromatic carbocycles. The van der Waals surface area contributed by atoms with Crippen LogP contribution in [0, 0.1) is 0 Å². The molecule has 112 valence electrons. The van der Waals surface area contributed by atoms with E-state index in [1.54, 1.807) is 13.2 Å². The van der Waals surface area contributed by atoms with Gasteiger partial charge in [-0.15, -0.1) is 0 Å². The third-order valence-electron chi connectivity index (χ3n) is 3.98. The zero-order chi connectivity index (χ0) is 14.4. The molecule has 1 N–H and O–H groups in total. The maximum atomic E-state index is 6.17. The predicted octanol–water partition coefficient (Wildman–Crippen LogP) is 5.20. The van der Waals surface area contributed by atoms with Gasteiger partial charge in [0.25, 0.3) is 0 Å². The molecule has 4 heteroatoms. The first-order valence-electron chi connectivity index (χ1n) is 7.46. The number of benzene rings is 1. The summed E-state index contributed by atoms with van der Waals surface area (Å²) in [5.74, 6) is 0.731. The van der Waals surface area contributed by atoms with Crippen LogP contribution in [-0.2, 0) is 6.54 Å². The highest BCUT2D eigenvalue weighted by Gasteiger charge is 2.14. The number of ether oxygens (including phenoxy) is 1. The Morgan fingerprint density at radius 2 is 1.75 bits per heavy atom. The lowest BCUT2D eigenvalue weighted by molar-refractivity contribution is 0.378. The van der Waals surface area contributed by atoms with Crippen molar-refractivity contribution in [2.24, 2.45) is 0 Å². The van der Waals surface area contributed by atoms with E-state index in [-0.39, 0.29) is 0 Å². The second-order valence-corrected chi connectivity index (χ2v) is 6.35. The zero-order valence-corrected chi connectivity index (χ0v) is 13.6. The van der Waals surface area contributed by atoms with Crippen LogP contribution in [0.3, 0.4) is 0 Å². The van der Waals surface area contributed by atoms with Crippen LogP contribution in [0.4, 0.5) is 0 Å². The van der Waals surface area contributed by atoms with E-state index in [2.05, 4.69) is 5.32 Å². The van der Waals surface area contributed by atoms with Crippen LogP contribution in [0.1, 0.15) is 50.5 Å². The van der Waals surface area contributed by atoms with Crippen molar-refractivity contribution in [3.05, 3.63) is 27.7 Å². The molecular formula is C16H23Cl2NO. The fourth-order valence-electron chi connectivity index (χ4n) is 2.89. The van der Waals surface area contributed by atoms with E-state index in [4.69, 9.17) is 27.9 Å². The Hall–Kier alpha value is -0.440. The molecule has 1 saturated carbocycles. The highest BCUT2D eigenvalue weighted by molar-refractivity contribution is 6.35. The highest BCUT2D eigenvalue weighted by atomic mass is 35.5. The van der Waals surface area contributed by atoms with Crippen molar-refractivity contribution in [2.75, 3.05) is 7.11 Å². The van der Waals surface area contributed by atoms with Crippen LogP contribution in [0.25, 0.3) is 0 Å². The van der Waals surface area contributed by atoms with Crippen molar-refractivity contribution < 1.29 is 4.74 Å². The zero-order valence-electron chi connectivity index (χ0n) is 12.1. The van der Waals surface area contributed by atoms with Gasteiger partial charge in [0.15, 0.2) is 0 Å². The van der Waals surface area contributed by atoms with E-state index in [0.29, 0.717) is 16.1 Å². The van der Waals surface area contributed by atoms with Gasteiger partial charge in [0, 0.05) is 23.2 Å². The van der Waals surface area contributed by atoms with Gasteiger partial charge in [-0.25, -0.2) is 0 Å². The van der Waals surface area contributed by atoms with Gasteiger partial charge in [-0.05, 0) is 25.0 Å². The molecule has 0 saturated heterocycles. The van der Waals surface area contributed by atoms with E-state index < -0.39 is 0 Å². The Morgan fingerprint density at radius 3 is 2.40 bits per heavy atom. The average molecular weight is 316 g/mol. The summed E-state index contributed by atoms with van der Waals surface area (Å²) in [4.78, 5) is 0. The molecule has 0 unspecified atom stereocenters. The molecule has 1 aliphatic carbocycles. The van der Waals surface area contributed by atoms with Crippen LogP contribution in [-0.4, -0.2) is 13.2 Å². The SMILES string of the molecule is COc1c(Cl)cc(Cl)cc1CNC1CCCCCCC1. The van der Waals surface area contributed by atoms with Gasteiger partial charge in [-0.2, -0.15) is 0 Å². The predicted molar refractivity (Wildman–Crippen MR) is 86.0 cm³/mol. The molecule has 0 spiro atoms. The van der Waals surface area contributed by atoms with E-state index in [0.717, 1.165) is 17.9 Å². The summed E-state index contributed by atoms with van der Waals surface area (Å²) >= 11 is 12.2. The topological polar surface area (TPSA) is 21.3 Å². The van der Waals surface area contributed by atoms with E-state index in [1.165, 1.54) is 44.9 Å². The van der Waals surface area contributed by atoms with E-state index in [9.17, 15) is 0 Å². The third kappa shape index (κ3) is 4.54. The Balaban J connectivity index is 1.98. The summed E-state index contributed by atoms with van der Waals surface area (Å²) in [5.41, 5.74) is 1.03. The summed E-state index contributed by atoms with van der Waals surface area (Å²) in [5, 5.41) is 4.87. The molecule has 1 aliphatic rings. The first kappa shape index (κ1) is 15.9. The fourth-order valence-corrected chi connectivity index (χ4v) is 3.50. The second-order valence-electron chi connectivity index (χ2n) is 5.50. The number of rotatable bonds is 4. The van der Waals surface area contributed by atoms with E-state index >= 15 is 0 Å². The molecule has 0 amide bonds. The van der Waals surface area contributed by atoms with Gasteiger partial charge in [0.05, 0.1) is 12.1 Å². The third-order valence-corrected chi connectivity index (χ3v) is 4.47. The lowest BCUT2D eigenvalue weighted by atomic mass is 9.96. The first-order chi connectivity index (χ1) is 9.70. The lowest BCUT2D eigenvalue weighted by Gasteiger charge is -2.22. The molecule has 0 aromatic heterocycles. The van der Waals surface area contributed by atoms with Crippen molar-refractivity contribution in [1.29, 1.82) is 0 Å². The van der Waals surface area contributed by atoms with Crippen molar-refractivity contribution in [2.45, 2.75) is 57.5 Å². The van der Waals surface area contributed by atoms with Crippen LogP contribution < -0.4 is 10.1 Å². The van der Waals surface area contributed by atoms with Gasteiger partial charge in [-0.1, -0.05) is 55.3 Å². The van der Waals surface area contributed by atoms with Crippen LogP contribution in [0.15, 0.2) is 12.1 Å². The van der Waals surface area contributed by atoms with Crippen molar-refractivity contribution >= 4 is 23.2 Å². The van der Waals surface area contributed by atoms with Gasteiger partial charge < -0.3 is 10.1 Å². The van der Waals surface area contributed by atoms with Crippen LogP contribution in [0.5, 0.6) is 5.75 Å². The normalized spacial score (nSPS) is 17.6. The molecule has 0 heterocycles. The smallest absolute Gasteiger partial charge is 0.142 e. The van der Waals surface area contributed by atoms with Crippen molar-refractivity contribution in [1.82, 2.24) is 5.32 Å². The summed E-state index contributed by atoms with van der Waals surface area (Å²) < 4.78 is 5.39. The van der Waals surface area contributed by atoms with Crippen LogP contribution >= 0.6 is 23.2 Å². The maximum absolute atomic E-state index is 6.17. The average Bonchev–Trinajstić information content (AvgIpc) is 2.37. The summed E-state index contributed by atoms with van der Waals surface area (Å²) in [6.45, 7) is 0.758. The number of methoxy groups -OCH3 is 1. The van der Waals surface area contributed by atoms with Gasteiger partial charge in [0.1, 0.15) is 5.75 Å². The maximum Gasteiger partial charge on any atom is 0.142 e. The number of hydrogen-bond donors (Lipinski definition) is 1. The van der Waals surface area contributed by atoms with Crippen LogP contribution in [0.2, 0.25) is 10.0 Å². The van der Waals surface area contributed by atoms with Gasteiger partial charge in [-0.3, -0.25) is 0 Å². The molecule has 2 rings (SSSR count). The molecule has 2 nitrogen and oxygen atoms in total. The minimum absolute atomic E-state index is 0.578. The number of hydrogen-bond acceptors (Lipinski definition) is 2. The number of halogens is 2. The molecule has 0 atom stereocenters. The Kier molecular flexibility index (Phi) is 6.47. The number of nitrogens with one attached hydrogen (secondary N) is 1. The Bertz CT molecular complexity index is 429. The summed E-state index contributed by atoms with van der Waals surface area (Å²) in [7, 11) is 1.65.